The van der Waals surface area contributed by atoms with E-state index in [1.54, 1.807) is 30.6 Å². The van der Waals surface area contributed by atoms with Crippen LogP contribution < -0.4 is 5.32 Å². The second kappa shape index (κ2) is 5.87. The molecule has 6 heteroatoms. The van der Waals surface area contributed by atoms with Gasteiger partial charge in [-0.1, -0.05) is 12.1 Å². The Labute approximate surface area is 126 Å². The molecule has 0 atom stereocenters. The molecule has 22 heavy (non-hydrogen) atoms. The summed E-state index contributed by atoms with van der Waals surface area (Å²) in [5.74, 6) is -0.189. The van der Waals surface area contributed by atoms with Crippen molar-refractivity contribution in [2.24, 2.45) is 0 Å². The van der Waals surface area contributed by atoms with Gasteiger partial charge in [0.15, 0.2) is 0 Å². The van der Waals surface area contributed by atoms with E-state index in [0.29, 0.717) is 11.3 Å². The zero-order chi connectivity index (χ0) is 15.5. The predicted octanol–water partition coefficient (Wildman–Crippen LogP) is 1.66. The highest BCUT2D eigenvalue weighted by Crippen LogP contribution is 2.33. The van der Waals surface area contributed by atoms with Gasteiger partial charge in [0, 0.05) is 23.7 Å². The quantitative estimate of drug-likeness (QED) is 0.588. The van der Waals surface area contributed by atoms with Gasteiger partial charge in [-0.3, -0.25) is 9.78 Å². The van der Waals surface area contributed by atoms with Crippen molar-refractivity contribution in [2.75, 3.05) is 13.2 Å². The smallest absolute Gasteiger partial charge is 0.268 e. The summed E-state index contributed by atoms with van der Waals surface area (Å²) < 4.78 is 0. The zero-order valence-corrected chi connectivity index (χ0v) is 11.7. The van der Waals surface area contributed by atoms with Gasteiger partial charge in [0.05, 0.1) is 18.3 Å². The largest absolute Gasteiger partial charge is 0.508 e. The lowest BCUT2D eigenvalue weighted by molar-refractivity contribution is 0.0941. The number of pyridine rings is 1. The number of nitrogens with one attached hydrogen (secondary N) is 2. The van der Waals surface area contributed by atoms with Crippen molar-refractivity contribution in [3.8, 4) is 16.9 Å². The van der Waals surface area contributed by atoms with Crippen molar-refractivity contribution < 1.29 is 15.0 Å². The van der Waals surface area contributed by atoms with Gasteiger partial charge in [-0.25, -0.2) is 0 Å². The van der Waals surface area contributed by atoms with Crippen LogP contribution in [0.1, 0.15) is 10.5 Å². The molecule has 1 aromatic carbocycles. The molecule has 112 valence electrons. The number of aromatic amines is 1. The summed E-state index contributed by atoms with van der Waals surface area (Å²) in [7, 11) is 0. The number of aromatic hydroxyl groups is 1. The number of benzene rings is 1. The third kappa shape index (κ3) is 2.51. The van der Waals surface area contributed by atoms with Crippen molar-refractivity contribution in [3.05, 3.63) is 48.4 Å². The van der Waals surface area contributed by atoms with Crippen LogP contribution in [0.3, 0.4) is 0 Å². The highest BCUT2D eigenvalue weighted by Gasteiger charge is 2.19. The van der Waals surface area contributed by atoms with Gasteiger partial charge in [0.1, 0.15) is 11.4 Å². The van der Waals surface area contributed by atoms with Gasteiger partial charge in [-0.2, -0.15) is 0 Å². The zero-order valence-electron chi connectivity index (χ0n) is 11.7. The topological polar surface area (TPSA) is 98.2 Å². The van der Waals surface area contributed by atoms with Crippen molar-refractivity contribution in [2.45, 2.75) is 0 Å². The minimum atomic E-state index is -0.316. The summed E-state index contributed by atoms with van der Waals surface area (Å²) in [6, 6.07) is 8.54. The first-order valence-electron chi connectivity index (χ1n) is 6.85. The fraction of sp³-hybridized carbons (Fsp3) is 0.125. The fourth-order valence-corrected chi connectivity index (χ4v) is 2.43. The maximum absolute atomic E-state index is 12.3. The number of phenols is 1. The molecule has 0 spiro atoms. The molecular weight excluding hydrogens is 282 g/mol. The second-order valence-electron chi connectivity index (χ2n) is 4.83. The number of aliphatic hydroxyl groups excluding tert-OH is 1. The Morgan fingerprint density at radius 3 is 2.95 bits per heavy atom. The minimum Gasteiger partial charge on any atom is -0.508 e. The summed E-state index contributed by atoms with van der Waals surface area (Å²) in [6.07, 6.45) is 3.29. The highest BCUT2D eigenvalue weighted by atomic mass is 16.3. The first-order valence-corrected chi connectivity index (χ1v) is 6.85. The summed E-state index contributed by atoms with van der Waals surface area (Å²) in [5.41, 5.74) is 2.53. The summed E-state index contributed by atoms with van der Waals surface area (Å²) in [4.78, 5) is 19.4. The Hall–Kier alpha value is -2.86. The summed E-state index contributed by atoms with van der Waals surface area (Å²) in [6.45, 7) is 0.0426. The van der Waals surface area contributed by atoms with Gasteiger partial charge >= 0.3 is 0 Å². The molecule has 0 aliphatic rings. The minimum absolute atomic E-state index is 0.127. The molecule has 0 unspecified atom stereocenters. The molecule has 0 radical (unpaired) electrons. The molecular formula is C16H15N3O3. The molecule has 0 bridgehead atoms. The van der Waals surface area contributed by atoms with Crippen LogP contribution in [0.15, 0.2) is 42.7 Å². The lowest BCUT2D eigenvalue weighted by Gasteiger charge is -2.06. The Kier molecular flexibility index (Phi) is 3.76. The van der Waals surface area contributed by atoms with Crippen molar-refractivity contribution in [1.82, 2.24) is 15.3 Å². The highest BCUT2D eigenvalue weighted by molar-refractivity contribution is 6.09. The van der Waals surface area contributed by atoms with Crippen LogP contribution in [0.2, 0.25) is 0 Å². The monoisotopic (exact) mass is 297 g/mol. The molecule has 0 aliphatic heterocycles. The van der Waals surface area contributed by atoms with Gasteiger partial charge in [-0.15, -0.1) is 0 Å². The molecule has 0 saturated carbocycles. The van der Waals surface area contributed by atoms with Crippen LogP contribution >= 0.6 is 0 Å². The first kappa shape index (κ1) is 14.1. The molecule has 2 heterocycles. The van der Waals surface area contributed by atoms with E-state index in [1.165, 1.54) is 0 Å². The number of H-pyrrole nitrogens is 1. The van der Waals surface area contributed by atoms with Gasteiger partial charge in [0.25, 0.3) is 5.91 Å². The van der Waals surface area contributed by atoms with Crippen LogP contribution in [0.4, 0.5) is 0 Å². The van der Waals surface area contributed by atoms with Crippen molar-refractivity contribution >= 4 is 16.8 Å². The molecule has 0 fully saturated rings. The van der Waals surface area contributed by atoms with Gasteiger partial charge < -0.3 is 20.5 Å². The van der Waals surface area contributed by atoms with Crippen molar-refractivity contribution in [3.63, 3.8) is 0 Å². The average Bonchev–Trinajstić information content (AvgIpc) is 2.92. The number of fused-ring (bicyclic) bond motifs is 1. The summed E-state index contributed by atoms with van der Waals surface area (Å²) in [5, 5.41) is 22.0. The number of nitrogens with zero attached hydrogens (tertiary/aromatic N) is 1. The van der Waals surface area contributed by atoms with Crippen LogP contribution in [0.25, 0.3) is 22.0 Å². The van der Waals surface area contributed by atoms with E-state index in [-0.39, 0.29) is 24.8 Å². The van der Waals surface area contributed by atoms with Crippen LogP contribution in [-0.2, 0) is 0 Å². The lowest BCUT2D eigenvalue weighted by atomic mass is 10.0. The third-order valence-corrected chi connectivity index (χ3v) is 3.36. The van der Waals surface area contributed by atoms with E-state index in [4.69, 9.17) is 5.11 Å². The second-order valence-corrected chi connectivity index (χ2v) is 4.83. The predicted molar refractivity (Wildman–Crippen MR) is 82.6 cm³/mol. The van der Waals surface area contributed by atoms with E-state index >= 15 is 0 Å². The Bertz CT molecular complexity index is 826. The van der Waals surface area contributed by atoms with Crippen molar-refractivity contribution in [1.29, 1.82) is 0 Å². The third-order valence-electron chi connectivity index (χ3n) is 3.36. The van der Waals surface area contributed by atoms with E-state index in [9.17, 15) is 9.90 Å². The number of aromatic nitrogens is 2. The Balaban J connectivity index is 2.19. The molecule has 1 amide bonds. The lowest BCUT2D eigenvalue weighted by Crippen LogP contribution is -2.27. The molecule has 3 aromatic rings. The van der Waals surface area contributed by atoms with Crippen LogP contribution in [0, 0.1) is 0 Å². The number of amides is 1. The van der Waals surface area contributed by atoms with Gasteiger partial charge in [0.2, 0.25) is 0 Å². The fourth-order valence-electron chi connectivity index (χ4n) is 2.43. The average molecular weight is 297 g/mol. The maximum Gasteiger partial charge on any atom is 0.268 e. The standard InChI is InChI=1S/C16H15N3O3/c20-7-6-18-16(22)15-14(10-2-1-3-11(21)8-10)12-4-5-17-9-13(12)19-15/h1-5,8-9,19-21H,6-7H2,(H,18,22). The van der Waals surface area contributed by atoms with E-state index in [1.807, 2.05) is 12.1 Å². The van der Waals surface area contributed by atoms with E-state index in [2.05, 4.69) is 15.3 Å². The number of rotatable bonds is 4. The Morgan fingerprint density at radius 1 is 1.32 bits per heavy atom. The normalized spacial score (nSPS) is 10.8. The molecule has 4 N–H and O–H groups in total. The molecule has 0 aliphatic carbocycles. The summed E-state index contributed by atoms with van der Waals surface area (Å²) >= 11 is 0. The molecule has 6 nitrogen and oxygen atoms in total. The molecule has 2 aromatic heterocycles. The maximum atomic E-state index is 12.3. The number of carbonyl (C=O) groups excluding carboxylic acids is 1. The number of hydrogen-bond acceptors (Lipinski definition) is 4. The number of aliphatic hydroxyl groups is 1. The SMILES string of the molecule is O=C(NCCO)c1[nH]c2cnccc2c1-c1cccc(O)c1. The van der Waals surface area contributed by atoms with Gasteiger partial charge in [-0.05, 0) is 23.8 Å². The number of carbonyl (C=O) groups is 1. The van der Waals surface area contributed by atoms with E-state index in [0.717, 1.165) is 16.5 Å². The van der Waals surface area contributed by atoms with Crippen LogP contribution in [-0.4, -0.2) is 39.2 Å². The first-order chi connectivity index (χ1) is 10.7. The Morgan fingerprint density at radius 2 is 2.18 bits per heavy atom. The molecule has 0 saturated heterocycles. The molecule has 3 rings (SSSR count). The van der Waals surface area contributed by atoms with E-state index < -0.39 is 0 Å². The number of hydrogen-bond donors (Lipinski definition) is 4. The number of phenolic OH excluding ortho intramolecular Hbond substituents is 1. The van der Waals surface area contributed by atoms with Crippen LogP contribution in [0.5, 0.6) is 5.75 Å².